The molecule has 0 aliphatic carbocycles. The van der Waals surface area contributed by atoms with Crippen LogP contribution in [0.4, 0.5) is 0 Å². The molecule has 0 fully saturated rings. The molecule has 0 saturated carbocycles. The molecule has 0 aliphatic rings. The van der Waals surface area contributed by atoms with Crippen LogP contribution in [0.2, 0.25) is 0 Å². The van der Waals surface area contributed by atoms with Crippen LogP contribution in [0.15, 0.2) is 60.7 Å². The first-order chi connectivity index (χ1) is 8.90. The second kappa shape index (κ2) is 6.65. The number of hydrogen-bond acceptors (Lipinski definition) is 1. The third-order valence-corrected chi connectivity index (χ3v) is 2.64. The molecule has 0 spiro atoms. The monoisotopic (exact) mass is 238 g/mol. The number of para-hydroxylation sites is 2. The summed E-state index contributed by atoms with van der Waals surface area (Å²) in [6, 6.07) is 18.0. The van der Waals surface area contributed by atoms with Crippen molar-refractivity contribution in [3.05, 3.63) is 66.2 Å². The SMILES string of the molecule is CCCC=Cc1ccccc1Oc1ccccc1. The molecule has 0 heterocycles. The number of rotatable bonds is 5. The van der Waals surface area contributed by atoms with Gasteiger partial charge in [-0.15, -0.1) is 0 Å². The Labute approximate surface area is 109 Å². The van der Waals surface area contributed by atoms with Gasteiger partial charge in [0.05, 0.1) is 0 Å². The number of allylic oxidation sites excluding steroid dienone is 1. The molecule has 0 saturated heterocycles. The average molecular weight is 238 g/mol. The minimum absolute atomic E-state index is 0.869. The van der Waals surface area contributed by atoms with Crippen LogP contribution in [0.3, 0.4) is 0 Å². The standard InChI is InChI=1S/C17H18O/c1-2-3-5-10-15-11-8-9-14-17(15)18-16-12-6-4-7-13-16/h4-14H,2-3H2,1H3. The van der Waals surface area contributed by atoms with Crippen molar-refractivity contribution in [2.45, 2.75) is 19.8 Å². The smallest absolute Gasteiger partial charge is 0.134 e. The van der Waals surface area contributed by atoms with Crippen LogP contribution in [-0.4, -0.2) is 0 Å². The lowest BCUT2D eigenvalue weighted by Crippen LogP contribution is -1.86. The third-order valence-electron chi connectivity index (χ3n) is 2.64. The average Bonchev–Trinajstić information content (AvgIpc) is 2.42. The van der Waals surface area contributed by atoms with Gasteiger partial charge in [0, 0.05) is 5.56 Å². The highest BCUT2D eigenvalue weighted by atomic mass is 16.5. The molecule has 0 aromatic heterocycles. The number of benzene rings is 2. The summed E-state index contributed by atoms with van der Waals surface area (Å²) in [5.41, 5.74) is 1.12. The molecule has 0 unspecified atom stereocenters. The molecule has 2 aromatic rings. The summed E-state index contributed by atoms with van der Waals surface area (Å²) in [7, 11) is 0. The van der Waals surface area contributed by atoms with E-state index in [-0.39, 0.29) is 0 Å². The van der Waals surface area contributed by atoms with Gasteiger partial charge in [0.25, 0.3) is 0 Å². The summed E-state index contributed by atoms with van der Waals surface area (Å²) in [5.74, 6) is 1.77. The maximum Gasteiger partial charge on any atom is 0.134 e. The lowest BCUT2D eigenvalue weighted by Gasteiger charge is -2.08. The van der Waals surface area contributed by atoms with Crippen molar-refractivity contribution in [3.63, 3.8) is 0 Å². The van der Waals surface area contributed by atoms with Gasteiger partial charge in [-0.1, -0.05) is 61.9 Å². The van der Waals surface area contributed by atoms with Crippen LogP contribution in [-0.2, 0) is 0 Å². The molecule has 92 valence electrons. The zero-order valence-corrected chi connectivity index (χ0v) is 10.7. The van der Waals surface area contributed by atoms with Gasteiger partial charge < -0.3 is 4.74 Å². The van der Waals surface area contributed by atoms with E-state index in [1.165, 1.54) is 0 Å². The topological polar surface area (TPSA) is 9.23 Å². The largest absolute Gasteiger partial charge is 0.457 e. The molecule has 0 radical (unpaired) electrons. The lowest BCUT2D eigenvalue weighted by atomic mass is 10.1. The molecule has 0 amide bonds. The molecule has 0 atom stereocenters. The van der Waals surface area contributed by atoms with Crippen molar-refractivity contribution < 1.29 is 4.74 Å². The van der Waals surface area contributed by atoms with Crippen molar-refractivity contribution >= 4 is 6.08 Å². The fourth-order valence-electron chi connectivity index (χ4n) is 1.70. The highest BCUT2D eigenvalue weighted by molar-refractivity contribution is 5.57. The van der Waals surface area contributed by atoms with Crippen LogP contribution < -0.4 is 4.74 Å². The van der Waals surface area contributed by atoms with Crippen molar-refractivity contribution in [1.82, 2.24) is 0 Å². The quantitative estimate of drug-likeness (QED) is 0.687. The Morgan fingerprint density at radius 2 is 1.67 bits per heavy atom. The van der Waals surface area contributed by atoms with Crippen molar-refractivity contribution in [2.75, 3.05) is 0 Å². The van der Waals surface area contributed by atoms with Crippen LogP contribution in [0.5, 0.6) is 11.5 Å². The zero-order valence-electron chi connectivity index (χ0n) is 10.7. The van der Waals surface area contributed by atoms with Gasteiger partial charge in [-0.05, 0) is 24.6 Å². The van der Waals surface area contributed by atoms with Gasteiger partial charge >= 0.3 is 0 Å². The normalized spacial score (nSPS) is 10.7. The van der Waals surface area contributed by atoms with Crippen molar-refractivity contribution in [1.29, 1.82) is 0 Å². The first-order valence-electron chi connectivity index (χ1n) is 6.38. The van der Waals surface area contributed by atoms with E-state index < -0.39 is 0 Å². The van der Waals surface area contributed by atoms with Gasteiger partial charge in [-0.3, -0.25) is 0 Å². The van der Waals surface area contributed by atoms with E-state index in [0.29, 0.717) is 0 Å². The highest BCUT2D eigenvalue weighted by Gasteiger charge is 2.00. The molecule has 2 rings (SSSR count). The van der Waals surface area contributed by atoms with Crippen LogP contribution in [0.1, 0.15) is 25.3 Å². The Balaban J connectivity index is 2.17. The Morgan fingerprint density at radius 3 is 2.44 bits per heavy atom. The second-order valence-corrected chi connectivity index (χ2v) is 4.14. The van der Waals surface area contributed by atoms with E-state index in [1.807, 2.05) is 48.5 Å². The predicted molar refractivity (Wildman–Crippen MR) is 76.9 cm³/mol. The molecular weight excluding hydrogens is 220 g/mol. The fraction of sp³-hybridized carbons (Fsp3) is 0.176. The van der Waals surface area contributed by atoms with Gasteiger partial charge in [-0.2, -0.15) is 0 Å². The molecule has 18 heavy (non-hydrogen) atoms. The Hall–Kier alpha value is -2.02. The maximum atomic E-state index is 5.89. The third kappa shape index (κ3) is 3.49. The fourth-order valence-corrected chi connectivity index (χ4v) is 1.70. The van der Waals surface area contributed by atoms with Gasteiger partial charge in [0.1, 0.15) is 11.5 Å². The molecule has 0 bridgehead atoms. The first-order valence-corrected chi connectivity index (χ1v) is 6.38. The summed E-state index contributed by atoms with van der Waals surface area (Å²) >= 11 is 0. The van der Waals surface area contributed by atoms with Crippen LogP contribution >= 0.6 is 0 Å². The Bertz CT molecular complexity index is 500. The van der Waals surface area contributed by atoms with Crippen LogP contribution in [0.25, 0.3) is 6.08 Å². The summed E-state index contributed by atoms with van der Waals surface area (Å²) in [6.45, 7) is 2.18. The highest BCUT2D eigenvalue weighted by Crippen LogP contribution is 2.25. The van der Waals surface area contributed by atoms with E-state index in [9.17, 15) is 0 Å². The summed E-state index contributed by atoms with van der Waals surface area (Å²) in [5, 5.41) is 0. The molecule has 1 nitrogen and oxygen atoms in total. The van der Waals surface area contributed by atoms with E-state index in [1.54, 1.807) is 0 Å². The molecule has 0 aliphatic heterocycles. The second-order valence-electron chi connectivity index (χ2n) is 4.14. The summed E-state index contributed by atoms with van der Waals surface area (Å²) < 4.78 is 5.89. The number of hydrogen-bond donors (Lipinski definition) is 0. The van der Waals surface area contributed by atoms with Gasteiger partial charge in [0.2, 0.25) is 0 Å². The summed E-state index contributed by atoms with van der Waals surface area (Å²) in [4.78, 5) is 0. The van der Waals surface area contributed by atoms with Crippen molar-refractivity contribution in [3.8, 4) is 11.5 Å². The lowest BCUT2D eigenvalue weighted by molar-refractivity contribution is 0.481. The van der Waals surface area contributed by atoms with Crippen molar-refractivity contribution in [2.24, 2.45) is 0 Å². The minimum atomic E-state index is 0.869. The number of unbranched alkanes of at least 4 members (excludes halogenated alkanes) is 1. The number of ether oxygens (including phenoxy) is 1. The molecule has 0 N–H and O–H groups in total. The van der Waals surface area contributed by atoms with Crippen LogP contribution in [0, 0.1) is 0 Å². The van der Waals surface area contributed by atoms with E-state index >= 15 is 0 Å². The van der Waals surface area contributed by atoms with Gasteiger partial charge in [0.15, 0.2) is 0 Å². The van der Waals surface area contributed by atoms with E-state index in [0.717, 1.165) is 29.9 Å². The Morgan fingerprint density at radius 1 is 0.944 bits per heavy atom. The van der Waals surface area contributed by atoms with E-state index in [4.69, 9.17) is 4.74 Å². The maximum absolute atomic E-state index is 5.89. The summed E-state index contributed by atoms with van der Waals surface area (Å²) in [6.07, 6.45) is 6.58. The minimum Gasteiger partial charge on any atom is -0.457 e. The molecular formula is C17H18O. The molecule has 1 heteroatoms. The Kier molecular flexibility index (Phi) is 4.60. The van der Waals surface area contributed by atoms with E-state index in [2.05, 4.69) is 25.1 Å². The predicted octanol–water partition coefficient (Wildman–Crippen LogP) is 5.29. The first kappa shape index (κ1) is 12.4. The van der Waals surface area contributed by atoms with Gasteiger partial charge in [-0.25, -0.2) is 0 Å². The molecule has 2 aromatic carbocycles. The zero-order chi connectivity index (χ0) is 12.6.